The topological polar surface area (TPSA) is 50.8 Å². The molecule has 146 valence electrons. The van der Waals surface area contributed by atoms with E-state index in [0.29, 0.717) is 17.9 Å². The van der Waals surface area contributed by atoms with E-state index in [1.807, 2.05) is 0 Å². The molecule has 4 rings (SSSR count). The molecule has 2 aliphatic carbocycles. The minimum absolute atomic E-state index is 0.146. The zero-order valence-electron chi connectivity index (χ0n) is 16.3. The lowest BCUT2D eigenvalue weighted by Gasteiger charge is -2.45. The van der Waals surface area contributed by atoms with Crippen LogP contribution in [0.15, 0.2) is 11.6 Å². The molecule has 4 fully saturated rings. The summed E-state index contributed by atoms with van der Waals surface area (Å²) in [5, 5.41) is 3.33. The smallest absolute Gasteiger partial charge is 0.226 e. The largest absolute Gasteiger partial charge is 0.379 e. The van der Waals surface area contributed by atoms with Crippen LogP contribution < -0.4 is 5.32 Å². The van der Waals surface area contributed by atoms with Crippen LogP contribution in [0, 0.1) is 11.8 Å². The zero-order valence-corrected chi connectivity index (χ0v) is 16.3. The Balaban J connectivity index is 1.45. The van der Waals surface area contributed by atoms with E-state index in [-0.39, 0.29) is 24.3 Å². The summed E-state index contributed by atoms with van der Waals surface area (Å²) in [5.41, 5.74) is 1.43. The number of nitrogens with zero attached hydrogens (tertiary/aromatic N) is 1. The fourth-order valence-corrected chi connectivity index (χ4v) is 5.74. The van der Waals surface area contributed by atoms with E-state index in [9.17, 15) is 4.79 Å². The van der Waals surface area contributed by atoms with E-state index < -0.39 is 0 Å². The maximum atomic E-state index is 12.6. The van der Waals surface area contributed by atoms with Crippen LogP contribution in [-0.2, 0) is 14.3 Å². The van der Waals surface area contributed by atoms with Crippen molar-refractivity contribution < 1.29 is 14.3 Å². The molecular weight excluding hydrogens is 328 g/mol. The first-order valence-corrected chi connectivity index (χ1v) is 10.6. The molecule has 5 nitrogen and oxygen atoms in total. The van der Waals surface area contributed by atoms with Crippen molar-refractivity contribution >= 4 is 5.91 Å². The molecule has 1 amide bonds. The second-order valence-corrected chi connectivity index (χ2v) is 8.44. The van der Waals surface area contributed by atoms with E-state index in [1.54, 1.807) is 7.11 Å². The van der Waals surface area contributed by atoms with Crippen LogP contribution >= 0.6 is 0 Å². The highest BCUT2D eigenvalue weighted by molar-refractivity contribution is 5.81. The number of amides is 1. The normalized spacial score (nSPS) is 42.4. The van der Waals surface area contributed by atoms with Crippen molar-refractivity contribution in [2.24, 2.45) is 11.8 Å². The molecule has 2 aliphatic heterocycles. The van der Waals surface area contributed by atoms with Crippen molar-refractivity contribution in [1.29, 1.82) is 0 Å². The van der Waals surface area contributed by atoms with Gasteiger partial charge in [-0.15, -0.1) is 0 Å². The summed E-state index contributed by atoms with van der Waals surface area (Å²) in [4.78, 5) is 15.2. The van der Waals surface area contributed by atoms with Crippen LogP contribution in [0.1, 0.15) is 58.3 Å². The van der Waals surface area contributed by atoms with Crippen LogP contribution in [0.5, 0.6) is 0 Å². The Bertz CT molecular complexity index is 549. The number of rotatable bonds is 4. The van der Waals surface area contributed by atoms with Gasteiger partial charge < -0.3 is 14.8 Å². The number of hydrogen-bond donors (Lipinski definition) is 1. The van der Waals surface area contributed by atoms with E-state index in [1.165, 1.54) is 24.8 Å². The average Bonchev–Trinajstić information content (AvgIpc) is 3.06. The minimum atomic E-state index is 0.146. The van der Waals surface area contributed by atoms with Crippen molar-refractivity contribution in [1.82, 2.24) is 10.2 Å². The molecule has 26 heavy (non-hydrogen) atoms. The Morgan fingerprint density at radius 2 is 2.04 bits per heavy atom. The predicted molar refractivity (Wildman–Crippen MR) is 101 cm³/mol. The molecule has 2 saturated heterocycles. The van der Waals surface area contributed by atoms with Gasteiger partial charge >= 0.3 is 0 Å². The third-order valence-corrected chi connectivity index (χ3v) is 7.02. The fourth-order valence-electron chi connectivity index (χ4n) is 5.74. The van der Waals surface area contributed by atoms with Crippen LogP contribution in [0.3, 0.4) is 0 Å². The molecule has 0 spiro atoms. The van der Waals surface area contributed by atoms with E-state index in [2.05, 4.69) is 23.2 Å². The van der Waals surface area contributed by atoms with Gasteiger partial charge in [0.05, 0.1) is 18.1 Å². The lowest BCUT2D eigenvalue weighted by Crippen LogP contribution is -2.61. The lowest BCUT2D eigenvalue weighted by molar-refractivity contribution is -0.135. The van der Waals surface area contributed by atoms with Gasteiger partial charge in [0.2, 0.25) is 5.91 Å². The summed E-state index contributed by atoms with van der Waals surface area (Å²) in [5.74, 6) is 1.05. The van der Waals surface area contributed by atoms with E-state index in [4.69, 9.17) is 9.47 Å². The summed E-state index contributed by atoms with van der Waals surface area (Å²) in [6, 6.07) is 0.466. The summed E-state index contributed by atoms with van der Waals surface area (Å²) >= 11 is 0. The molecule has 1 N–H and O–H groups in total. The lowest BCUT2D eigenvalue weighted by atomic mass is 9.81. The molecule has 0 aromatic carbocycles. The maximum absolute atomic E-state index is 12.6. The van der Waals surface area contributed by atoms with Gasteiger partial charge in [0.15, 0.2) is 0 Å². The average molecular weight is 363 g/mol. The monoisotopic (exact) mass is 362 g/mol. The van der Waals surface area contributed by atoms with Crippen molar-refractivity contribution in [3.63, 3.8) is 0 Å². The molecule has 0 aromatic rings. The number of allylic oxidation sites excluding steroid dienone is 1. The SMILES string of the molecule is CCOC1CCC(/C=C2/CCN3C2NC(=O)C2CCCCC23)CC1OC. The molecule has 0 bridgehead atoms. The third-order valence-electron chi connectivity index (χ3n) is 7.02. The highest BCUT2D eigenvalue weighted by Gasteiger charge is 2.46. The van der Waals surface area contributed by atoms with Crippen LogP contribution in [0.2, 0.25) is 0 Å². The Kier molecular flexibility index (Phi) is 5.67. The summed E-state index contributed by atoms with van der Waals surface area (Å²) in [6.07, 6.45) is 12.1. The molecule has 0 aromatic heterocycles. The number of methoxy groups -OCH3 is 1. The van der Waals surface area contributed by atoms with Crippen molar-refractivity contribution in [3.05, 3.63) is 11.6 Å². The molecule has 0 radical (unpaired) electrons. The second-order valence-electron chi connectivity index (χ2n) is 8.44. The minimum Gasteiger partial charge on any atom is -0.379 e. The first kappa shape index (κ1) is 18.5. The van der Waals surface area contributed by atoms with Crippen LogP contribution in [0.25, 0.3) is 0 Å². The van der Waals surface area contributed by atoms with Crippen LogP contribution in [-0.4, -0.2) is 55.5 Å². The molecule has 6 unspecified atom stereocenters. The Labute approximate surface area is 157 Å². The van der Waals surface area contributed by atoms with Gasteiger partial charge in [-0.2, -0.15) is 0 Å². The standard InChI is InChI=1S/C21H34N2O3/c1-3-26-18-9-8-14(13-19(18)25-2)12-15-10-11-23-17-7-5-4-6-16(17)21(24)22-20(15)23/h12,14,16-20H,3-11,13H2,1-2H3,(H,22,24)/b15-12-. The number of ether oxygens (including phenoxy) is 2. The third kappa shape index (κ3) is 3.46. The molecule has 6 atom stereocenters. The number of nitrogens with one attached hydrogen (secondary N) is 1. The van der Waals surface area contributed by atoms with E-state index >= 15 is 0 Å². The maximum Gasteiger partial charge on any atom is 0.226 e. The Morgan fingerprint density at radius 1 is 1.19 bits per heavy atom. The first-order chi connectivity index (χ1) is 12.7. The van der Waals surface area contributed by atoms with Gasteiger partial charge in [0.25, 0.3) is 0 Å². The van der Waals surface area contributed by atoms with Crippen LogP contribution in [0.4, 0.5) is 0 Å². The summed E-state index contributed by atoms with van der Waals surface area (Å²) in [6.45, 7) is 3.90. The van der Waals surface area contributed by atoms with Gasteiger partial charge in [-0.25, -0.2) is 0 Å². The highest BCUT2D eigenvalue weighted by Crippen LogP contribution is 2.39. The summed E-state index contributed by atoms with van der Waals surface area (Å²) < 4.78 is 11.6. The molecule has 2 saturated carbocycles. The van der Waals surface area contributed by atoms with Crippen molar-refractivity contribution in [2.75, 3.05) is 20.3 Å². The number of carbonyl (C=O) groups excluding carboxylic acids is 1. The first-order valence-electron chi connectivity index (χ1n) is 10.6. The molecule has 4 aliphatic rings. The fraction of sp³-hybridized carbons (Fsp3) is 0.857. The van der Waals surface area contributed by atoms with E-state index in [0.717, 1.165) is 45.3 Å². The quantitative estimate of drug-likeness (QED) is 0.782. The molecular formula is C21H34N2O3. The summed E-state index contributed by atoms with van der Waals surface area (Å²) in [7, 11) is 1.80. The highest BCUT2D eigenvalue weighted by atomic mass is 16.5. The Hall–Kier alpha value is -0.910. The Morgan fingerprint density at radius 3 is 2.85 bits per heavy atom. The number of fused-ring (bicyclic) bond motifs is 3. The van der Waals surface area contributed by atoms with Gasteiger partial charge in [-0.3, -0.25) is 9.69 Å². The van der Waals surface area contributed by atoms with Gasteiger partial charge in [-0.05, 0) is 56.9 Å². The van der Waals surface area contributed by atoms with Gasteiger partial charge in [0, 0.05) is 26.3 Å². The molecule has 5 heteroatoms. The zero-order chi connectivity index (χ0) is 18.1. The van der Waals surface area contributed by atoms with Crippen molar-refractivity contribution in [3.8, 4) is 0 Å². The number of hydrogen-bond acceptors (Lipinski definition) is 4. The number of carbonyl (C=O) groups is 1. The van der Waals surface area contributed by atoms with Gasteiger partial charge in [0.1, 0.15) is 6.17 Å². The van der Waals surface area contributed by atoms with Crippen molar-refractivity contribution in [2.45, 2.75) is 82.7 Å². The molecule has 2 heterocycles. The second kappa shape index (κ2) is 7.99. The predicted octanol–water partition coefficient (Wildman–Crippen LogP) is 2.85. The van der Waals surface area contributed by atoms with Gasteiger partial charge in [-0.1, -0.05) is 18.9 Å².